The van der Waals surface area contributed by atoms with Crippen LogP contribution >= 0.6 is 0 Å². The van der Waals surface area contributed by atoms with E-state index >= 15 is 0 Å². The molecule has 0 unspecified atom stereocenters. The average Bonchev–Trinajstić information content (AvgIpc) is 2.54. The highest BCUT2D eigenvalue weighted by atomic mass is 16.5. The molecule has 1 aliphatic rings. The number of aryl methyl sites for hydroxylation is 2. The van der Waals surface area contributed by atoms with Crippen LogP contribution in [-0.4, -0.2) is 47.9 Å². The van der Waals surface area contributed by atoms with Crippen LogP contribution in [0.15, 0.2) is 18.2 Å². The molecular formula is C18H28N2O3. The van der Waals surface area contributed by atoms with Crippen LogP contribution in [0.2, 0.25) is 0 Å². The van der Waals surface area contributed by atoms with Crippen molar-refractivity contribution in [3.8, 4) is 0 Å². The van der Waals surface area contributed by atoms with Gasteiger partial charge in [-0.1, -0.05) is 32.0 Å². The van der Waals surface area contributed by atoms with Crippen LogP contribution in [0.25, 0.3) is 0 Å². The largest absolute Gasteiger partial charge is 0.393 e. The molecule has 0 radical (unpaired) electrons. The number of ether oxygens (including phenoxy) is 1. The van der Waals surface area contributed by atoms with Gasteiger partial charge in [-0.2, -0.15) is 0 Å². The maximum absolute atomic E-state index is 12.8. The van der Waals surface area contributed by atoms with Crippen LogP contribution in [0.3, 0.4) is 0 Å². The Balaban J connectivity index is 2.17. The quantitative estimate of drug-likeness (QED) is 0.877. The number of aliphatic hydroxyl groups is 1. The van der Waals surface area contributed by atoms with Gasteiger partial charge in [-0.25, -0.2) is 4.79 Å². The van der Waals surface area contributed by atoms with Gasteiger partial charge in [0.05, 0.1) is 25.4 Å². The summed E-state index contributed by atoms with van der Waals surface area (Å²) in [5, 5.41) is 12.7. The lowest BCUT2D eigenvalue weighted by Gasteiger charge is -2.36. The highest BCUT2D eigenvalue weighted by Gasteiger charge is 2.28. The van der Waals surface area contributed by atoms with Crippen molar-refractivity contribution in [3.63, 3.8) is 0 Å². The number of urea groups is 1. The van der Waals surface area contributed by atoms with Gasteiger partial charge in [0.25, 0.3) is 0 Å². The first-order valence-electron chi connectivity index (χ1n) is 8.51. The second kappa shape index (κ2) is 8.31. The van der Waals surface area contributed by atoms with Gasteiger partial charge in [0.15, 0.2) is 0 Å². The Morgan fingerprint density at radius 3 is 2.61 bits per heavy atom. The number of hydrogen-bond acceptors (Lipinski definition) is 3. The number of benzene rings is 1. The summed E-state index contributed by atoms with van der Waals surface area (Å²) in [5.41, 5.74) is 3.24. The van der Waals surface area contributed by atoms with Gasteiger partial charge in [0, 0.05) is 12.2 Å². The molecule has 1 fully saturated rings. The van der Waals surface area contributed by atoms with Gasteiger partial charge in [-0.05, 0) is 37.3 Å². The Morgan fingerprint density at radius 2 is 2.04 bits per heavy atom. The molecule has 0 aromatic heterocycles. The zero-order valence-electron chi connectivity index (χ0n) is 14.3. The number of para-hydroxylation sites is 1. The number of rotatable bonds is 5. The van der Waals surface area contributed by atoms with E-state index in [0.29, 0.717) is 26.2 Å². The van der Waals surface area contributed by atoms with E-state index in [1.54, 1.807) is 11.8 Å². The van der Waals surface area contributed by atoms with Crippen molar-refractivity contribution in [2.75, 3.05) is 25.1 Å². The van der Waals surface area contributed by atoms with Crippen LogP contribution in [0.4, 0.5) is 10.5 Å². The van der Waals surface area contributed by atoms with E-state index in [-0.39, 0.29) is 12.1 Å². The lowest BCUT2D eigenvalue weighted by Crippen LogP contribution is -2.51. The van der Waals surface area contributed by atoms with Crippen LogP contribution < -0.4 is 5.32 Å². The average molecular weight is 320 g/mol. The maximum Gasteiger partial charge on any atom is 0.322 e. The maximum atomic E-state index is 12.8. The van der Waals surface area contributed by atoms with E-state index in [0.717, 1.165) is 29.7 Å². The van der Waals surface area contributed by atoms with E-state index in [9.17, 15) is 9.90 Å². The molecule has 0 aliphatic carbocycles. The van der Waals surface area contributed by atoms with Gasteiger partial charge in [0.2, 0.25) is 0 Å². The zero-order valence-corrected chi connectivity index (χ0v) is 14.3. The Hall–Kier alpha value is -1.59. The van der Waals surface area contributed by atoms with Crippen LogP contribution in [0.1, 0.15) is 38.3 Å². The summed E-state index contributed by atoms with van der Waals surface area (Å²) in [7, 11) is 0. The molecule has 1 heterocycles. The summed E-state index contributed by atoms with van der Waals surface area (Å²) in [6.45, 7) is 7.50. The van der Waals surface area contributed by atoms with E-state index in [1.807, 2.05) is 6.07 Å². The minimum atomic E-state index is -0.453. The number of amides is 2. The smallest absolute Gasteiger partial charge is 0.322 e. The molecule has 1 saturated heterocycles. The summed E-state index contributed by atoms with van der Waals surface area (Å²) in [6.07, 6.45) is 1.84. The fourth-order valence-corrected chi connectivity index (χ4v) is 3.09. The number of carbonyl (C=O) groups is 1. The number of morpholine rings is 1. The Kier molecular flexibility index (Phi) is 6.42. The van der Waals surface area contributed by atoms with Crippen molar-refractivity contribution in [2.24, 2.45) is 0 Å². The lowest BCUT2D eigenvalue weighted by atomic mass is 10.0. The van der Waals surface area contributed by atoms with Crippen LogP contribution in [0, 0.1) is 0 Å². The molecule has 2 N–H and O–H groups in total. The third-order valence-corrected chi connectivity index (χ3v) is 4.33. The number of aliphatic hydroxyl groups excluding tert-OH is 1. The van der Waals surface area contributed by atoms with Gasteiger partial charge < -0.3 is 20.1 Å². The lowest BCUT2D eigenvalue weighted by molar-refractivity contribution is -0.00161. The molecule has 1 aromatic rings. The predicted octanol–water partition coefficient (Wildman–Crippen LogP) is 2.82. The molecular weight excluding hydrogens is 292 g/mol. The minimum absolute atomic E-state index is 0.0809. The summed E-state index contributed by atoms with van der Waals surface area (Å²) in [4.78, 5) is 14.6. The van der Waals surface area contributed by atoms with Crippen molar-refractivity contribution >= 4 is 11.7 Å². The van der Waals surface area contributed by atoms with Gasteiger partial charge in [0.1, 0.15) is 0 Å². The topological polar surface area (TPSA) is 61.8 Å². The number of nitrogens with zero attached hydrogens (tertiary/aromatic N) is 1. The van der Waals surface area contributed by atoms with Crippen molar-refractivity contribution in [1.29, 1.82) is 0 Å². The van der Waals surface area contributed by atoms with Crippen molar-refractivity contribution in [3.05, 3.63) is 29.3 Å². The Labute approximate surface area is 138 Å². The van der Waals surface area contributed by atoms with Crippen LogP contribution in [-0.2, 0) is 17.6 Å². The molecule has 0 bridgehead atoms. The summed E-state index contributed by atoms with van der Waals surface area (Å²) >= 11 is 0. The normalized spacial score (nSPS) is 19.5. The molecule has 1 aromatic carbocycles. The highest BCUT2D eigenvalue weighted by Crippen LogP contribution is 2.24. The van der Waals surface area contributed by atoms with E-state index in [1.165, 1.54) is 0 Å². The molecule has 2 rings (SSSR count). The molecule has 5 heteroatoms. The number of anilines is 1. The molecule has 0 saturated carbocycles. The van der Waals surface area contributed by atoms with E-state index in [2.05, 4.69) is 31.3 Å². The molecule has 2 atom stereocenters. The summed E-state index contributed by atoms with van der Waals surface area (Å²) < 4.78 is 5.47. The Morgan fingerprint density at radius 1 is 1.39 bits per heavy atom. The molecule has 0 spiro atoms. The van der Waals surface area contributed by atoms with E-state index < -0.39 is 6.10 Å². The Bertz CT molecular complexity index is 509. The fraction of sp³-hybridized carbons (Fsp3) is 0.611. The number of carbonyl (C=O) groups excluding carboxylic acids is 1. The van der Waals surface area contributed by atoms with Gasteiger partial charge >= 0.3 is 6.03 Å². The molecule has 128 valence electrons. The molecule has 2 amide bonds. The number of hydrogen-bond donors (Lipinski definition) is 2. The zero-order chi connectivity index (χ0) is 16.8. The summed E-state index contributed by atoms with van der Waals surface area (Å²) in [5.74, 6) is 0. The first-order chi connectivity index (χ1) is 11.1. The number of nitrogens with one attached hydrogen (secondary N) is 1. The summed E-state index contributed by atoms with van der Waals surface area (Å²) in [6, 6.07) is 5.97. The first kappa shape index (κ1) is 17.8. The van der Waals surface area contributed by atoms with Crippen molar-refractivity contribution < 1.29 is 14.6 Å². The third kappa shape index (κ3) is 4.45. The van der Waals surface area contributed by atoms with Gasteiger partial charge in [-0.3, -0.25) is 0 Å². The van der Waals surface area contributed by atoms with E-state index in [4.69, 9.17) is 4.74 Å². The second-order valence-electron chi connectivity index (χ2n) is 6.10. The second-order valence-corrected chi connectivity index (χ2v) is 6.10. The monoisotopic (exact) mass is 320 g/mol. The van der Waals surface area contributed by atoms with Gasteiger partial charge in [-0.15, -0.1) is 0 Å². The van der Waals surface area contributed by atoms with Crippen molar-refractivity contribution in [1.82, 2.24) is 4.90 Å². The first-order valence-corrected chi connectivity index (χ1v) is 8.51. The SMILES string of the molecule is CCc1cccc(CC)c1NC(=O)N1CCOC[C@H]1C[C@@H](C)O. The van der Waals surface area contributed by atoms with Crippen LogP contribution in [0.5, 0.6) is 0 Å². The predicted molar refractivity (Wildman–Crippen MR) is 91.8 cm³/mol. The van der Waals surface area contributed by atoms with Crippen molar-refractivity contribution in [2.45, 2.75) is 52.2 Å². The standard InChI is InChI=1S/C18H28N2O3/c1-4-14-7-6-8-15(5-2)17(14)19-18(22)20-9-10-23-12-16(20)11-13(3)21/h6-8,13,16,21H,4-5,9-12H2,1-3H3,(H,19,22)/t13-,16-/m1/s1. The molecule has 5 nitrogen and oxygen atoms in total. The molecule has 1 aliphatic heterocycles. The third-order valence-electron chi connectivity index (χ3n) is 4.33. The fourth-order valence-electron chi connectivity index (χ4n) is 3.09. The highest BCUT2D eigenvalue weighted by molar-refractivity contribution is 5.91. The minimum Gasteiger partial charge on any atom is -0.393 e. The molecule has 23 heavy (non-hydrogen) atoms.